The lowest BCUT2D eigenvalue weighted by Crippen LogP contribution is -2.40. The number of hydrogen-bond acceptors (Lipinski definition) is 10. The fraction of sp³-hybridized carbons (Fsp3) is 0.286. The fourth-order valence-corrected chi connectivity index (χ4v) is 6.57. The highest BCUT2D eigenvalue weighted by molar-refractivity contribution is 7.07. The molecule has 48 heavy (non-hydrogen) atoms. The second kappa shape index (κ2) is 14.9. The predicted octanol–water partition coefficient (Wildman–Crippen LogP) is 6.12. The highest BCUT2D eigenvalue weighted by Gasteiger charge is 2.35. The molecule has 0 radical (unpaired) electrons. The molecule has 3 aromatic carbocycles. The summed E-state index contributed by atoms with van der Waals surface area (Å²) in [6, 6.07) is 15.9. The second-order valence-corrected chi connectivity index (χ2v) is 12.4. The minimum atomic E-state index is -0.838. The van der Waals surface area contributed by atoms with Crippen molar-refractivity contribution in [3.8, 4) is 17.2 Å². The number of carbonyl (C=O) groups is 1. The van der Waals surface area contributed by atoms with Gasteiger partial charge in [-0.25, -0.2) is 9.79 Å². The van der Waals surface area contributed by atoms with Gasteiger partial charge in [0.25, 0.3) is 11.2 Å². The van der Waals surface area contributed by atoms with Gasteiger partial charge in [0.05, 0.1) is 45.1 Å². The molecule has 0 saturated heterocycles. The number of nitrogens with zero attached hydrogens (tertiary/aromatic N) is 3. The second-order valence-electron chi connectivity index (χ2n) is 11.0. The van der Waals surface area contributed by atoms with Gasteiger partial charge in [-0.05, 0) is 82.2 Å². The van der Waals surface area contributed by atoms with Gasteiger partial charge in [0.15, 0.2) is 16.3 Å². The average molecular weight is 692 g/mol. The Morgan fingerprint density at radius 1 is 1.08 bits per heavy atom. The zero-order valence-electron chi connectivity index (χ0n) is 27.0. The molecule has 11 nitrogen and oxygen atoms in total. The molecule has 0 fully saturated rings. The lowest BCUT2D eigenvalue weighted by Gasteiger charge is -2.26. The SMILES string of the molecule is CCOC(=O)C1=C(C)N=c2s/c(=C/c3cc(Cl)c(OCc4ccc([N+](=O)[O-])cc4)c(OCC)c3)c(=O)n2[C@@H]1c1ccccc1OC(C)C. The number of allylic oxidation sites excluding steroid dienone is 1. The van der Waals surface area contributed by atoms with Crippen LogP contribution in [-0.4, -0.2) is 34.8 Å². The molecule has 2 heterocycles. The number of hydrogen-bond donors (Lipinski definition) is 0. The molecule has 0 bridgehead atoms. The van der Waals surface area contributed by atoms with E-state index < -0.39 is 16.9 Å². The van der Waals surface area contributed by atoms with Crippen molar-refractivity contribution in [2.24, 2.45) is 4.99 Å². The average Bonchev–Trinajstić information content (AvgIpc) is 3.34. The van der Waals surface area contributed by atoms with Crippen molar-refractivity contribution in [2.45, 2.75) is 53.4 Å². The first kappa shape index (κ1) is 34.4. The topological polar surface area (TPSA) is 131 Å². The molecule has 0 amide bonds. The molecule has 4 aromatic rings. The van der Waals surface area contributed by atoms with E-state index in [1.807, 2.05) is 45.0 Å². The van der Waals surface area contributed by atoms with E-state index in [0.29, 0.717) is 55.6 Å². The van der Waals surface area contributed by atoms with Crippen molar-refractivity contribution >= 4 is 40.7 Å². The van der Waals surface area contributed by atoms with Crippen LogP contribution in [0, 0.1) is 10.1 Å². The molecule has 250 valence electrons. The van der Waals surface area contributed by atoms with Gasteiger partial charge in [-0.2, -0.15) is 0 Å². The molecule has 0 N–H and O–H groups in total. The third-order valence-corrected chi connectivity index (χ3v) is 8.52. The molecule has 13 heteroatoms. The van der Waals surface area contributed by atoms with Crippen molar-refractivity contribution < 1.29 is 28.7 Å². The summed E-state index contributed by atoms with van der Waals surface area (Å²) in [5.74, 6) is 0.645. The summed E-state index contributed by atoms with van der Waals surface area (Å²) < 4.78 is 25.2. The van der Waals surface area contributed by atoms with Gasteiger partial charge >= 0.3 is 5.97 Å². The van der Waals surface area contributed by atoms with Gasteiger partial charge in [-0.1, -0.05) is 41.1 Å². The summed E-state index contributed by atoms with van der Waals surface area (Å²) in [7, 11) is 0. The van der Waals surface area contributed by atoms with E-state index in [9.17, 15) is 19.7 Å². The van der Waals surface area contributed by atoms with Crippen LogP contribution >= 0.6 is 22.9 Å². The number of thiazole rings is 1. The van der Waals surface area contributed by atoms with Crippen LogP contribution in [0.4, 0.5) is 5.69 Å². The molecule has 0 unspecified atom stereocenters. The van der Waals surface area contributed by atoms with E-state index in [-0.39, 0.29) is 41.2 Å². The van der Waals surface area contributed by atoms with E-state index in [0.717, 1.165) is 0 Å². The molecular formula is C35H34ClN3O8S. The normalized spacial score (nSPS) is 14.4. The van der Waals surface area contributed by atoms with Gasteiger partial charge in [-0.3, -0.25) is 19.5 Å². The number of halogens is 1. The van der Waals surface area contributed by atoms with Crippen LogP contribution in [0.2, 0.25) is 5.02 Å². The maximum atomic E-state index is 14.2. The Hall–Kier alpha value is -4.94. The van der Waals surface area contributed by atoms with Crippen molar-refractivity contribution in [1.29, 1.82) is 0 Å². The third-order valence-electron chi connectivity index (χ3n) is 7.25. The van der Waals surface area contributed by atoms with Gasteiger partial charge in [0.2, 0.25) is 0 Å². The van der Waals surface area contributed by atoms with Crippen molar-refractivity contribution in [2.75, 3.05) is 13.2 Å². The highest BCUT2D eigenvalue weighted by atomic mass is 35.5. The molecule has 1 aromatic heterocycles. The van der Waals surface area contributed by atoms with Crippen molar-refractivity contribution in [3.05, 3.63) is 123 Å². The van der Waals surface area contributed by atoms with Crippen LogP contribution in [0.25, 0.3) is 6.08 Å². The summed E-state index contributed by atoms with van der Waals surface area (Å²) in [5, 5.41) is 11.2. The standard InChI is InChI=1S/C35H34ClN3O8S/c1-6-44-28-17-23(16-26(36)32(28)46-19-22-12-14-24(15-13-22)39(42)43)18-29-33(40)38-31(25-10-8-9-11-27(25)47-20(3)4)30(34(41)45-7-2)21(5)37-35(38)48-29/h8-18,20,31H,6-7,19H2,1-5H3/b29-18+/t31-/m1/s1. The summed E-state index contributed by atoms with van der Waals surface area (Å²) in [6.07, 6.45) is 1.54. The lowest BCUT2D eigenvalue weighted by molar-refractivity contribution is -0.384. The van der Waals surface area contributed by atoms with E-state index in [4.69, 9.17) is 30.5 Å². The maximum absolute atomic E-state index is 14.2. The molecule has 0 spiro atoms. The van der Waals surface area contributed by atoms with Crippen LogP contribution in [0.1, 0.15) is 57.4 Å². The smallest absolute Gasteiger partial charge is 0.338 e. The number of aromatic nitrogens is 1. The number of nitro benzene ring substituents is 1. The summed E-state index contributed by atoms with van der Waals surface area (Å²) in [6.45, 7) is 9.67. The zero-order chi connectivity index (χ0) is 34.5. The van der Waals surface area contributed by atoms with Crippen molar-refractivity contribution in [3.63, 3.8) is 0 Å². The number of esters is 1. The fourth-order valence-electron chi connectivity index (χ4n) is 5.25. The molecule has 0 saturated carbocycles. The van der Waals surface area contributed by atoms with Crippen LogP contribution in [0.3, 0.4) is 0 Å². The number of nitro groups is 1. The number of para-hydroxylation sites is 1. The Morgan fingerprint density at radius 3 is 2.48 bits per heavy atom. The first-order valence-electron chi connectivity index (χ1n) is 15.3. The number of ether oxygens (including phenoxy) is 4. The van der Waals surface area contributed by atoms with E-state index in [1.165, 1.54) is 28.0 Å². The minimum Gasteiger partial charge on any atom is -0.491 e. The number of non-ortho nitro benzene ring substituents is 1. The van der Waals surface area contributed by atoms with Crippen LogP contribution in [0.15, 0.2) is 81.7 Å². The Labute approximate surface area is 285 Å². The lowest BCUT2D eigenvalue weighted by atomic mass is 9.95. The van der Waals surface area contributed by atoms with E-state index in [2.05, 4.69) is 4.99 Å². The Morgan fingerprint density at radius 2 is 1.81 bits per heavy atom. The Balaban J connectivity index is 1.58. The Kier molecular flexibility index (Phi) is 10.7. The third kappa shape index (κ3) is 7.29. The summed E-state index contributed by atoms with van der Waals surface area (Å²) in [4.78, 5) is 43.1. The molecule has 5 rings (SSSR count). The van der Waals surface area contributed by atoms with Crippen molar-refractivity contribution in [1.82, 2.24) is 4.57 Å². The van der Waals surface area contributed by atoms with Crippen LogP contribution < -0.4 is 29.1 Å². The largest absolute Gasteiger partial charge is 0.491 e. The van der Waals surface area contributed by atoms with Crippen LogP contribution in [-0.2, 0) is 16.1 Å². The van der Waals surface area contributed by atoms with Gasteiger partial charge in [-0.15, -0.1) is 0 Å². The number of fused-ring (bicyclic) bond motifs is 1. The molecular weight excluding hydrogens is 658 g/mol. The van der Waals surface area contributed by atoms with Gasteiger partial charge in [0.1, 0.15) is 18.4 Å². The number of rotatable bonds is 12. The molecule has 1 atom stereocenters. The Bertz CT molecular complexity index is 2070. The van der Waals surface area contributed by atoms with Crippen LogP contribution in [0.5, 0.6) is 17.2 Å². The first-order valence-corrected chi connectivity index (χ1v) is 16.5. The number of benzene rings is 3. The zero-order valence-corrected chi connectivity index (χ0v) is 28.6. The quantitative estimate of drug-likeness (QED) is 0.0986. The number of carbonyl (C=O) groups excluding carboxylic acids is 1. The predicted molar refractivity (Wildman–Crippen MR) is 183 cm³/mol. The maximum Gasteiger partial charge on any atom is 0.338 e. The minimum absolute atomic E-state index is 0.0203. The summed E-state index contributed by atoms with van der Waals surface area (Å²) >= 11 is 7.87. The first-order chi connectivity index (χ1) is 23.0. The van der Waals surface area contributed by atoms with Gasteiger partial charge in [0, 0.05) is 17.7 Å². The van der Waals surface area contributed by atoms with Gasteiger partial charge < -0.3 is 18.9 Å². The molecule has 1 aliphatic heterocycles. The molecule has 0 aliphatic carbocycles. The monoisotopic (exact) mass is 691 g/mol. The molecule has 1 aliphatic rings. The van der Waals surface area contributed by atoms with E-state index in [1.54, 1.807) is 44.2 Å². The summed E-state index contributed by atoms with van der Waals surface area (Å²) in [5.41, 5.74) is 2.24. The van der Waals surface area contributed by atoms with E-state index >= 15 is 0 Å². The highest BCUT2D eigenvalue weighted by Crippen LogP contribution is 2.38.